The van der Waals surface area contributed by atoms with Crippen LogP contribution in [0, 0.1) is 12.7 Å². The van der Waals surface area contributed by atoms with Crippen molar-refractivity contribution in [1.82, 2.24) is 9.97 Å². The van der Waals surface area contributed by atoms with Gasteiger partial charge in [0.1, 0.15) is 5.82 Å². The zero-order valence-corrected chi connectivity index (χ0v) is 11.7. The van der Waals surface area contributed by atoms with Crippen LogP contribution in [0.5, 0.6) is 0 Å². The Morgan fingerprint density at radius 1 is 1.37 bits per heavy atom. The van der Waals surface area contributed by atoms with Crippen LogP contribution in [0.4, 0.5) is 10.3 Å². The van der Waals surface area contributed by atoms with Gasteiger partial charge in [0.15, 0.2) is 0 Å². The van der Waals surface area contributed by atoms with Crippen molar-refractivity contribution in [3.63, 3.8) is 0 Å². The van der Waals surface area contributed by atoms with E-state index < -0.39 is 0 Å². The highest BCUT2D eigenvalue weighted by Crippen LogP contribution is 2.14. The maximum atomic E-state index is 13.1. The number of benzene rings is 1. The van der Waals surface area contributed by atoms with Crippen molar-refractivity contribution in [1.29, 1.82) is 0 Å². The van der Waals surface area contributed by atoms with Crippen LogP contribution >= 0.6 is 11.6 Å². The predicted octanol–water partition coefficient (Wildman–Crippen LogP) is 3.30. The van der Waals surface area contributed by atoms with Crippen LogP contribution in [0.1, 0.15) is 16.8 Å². The molecule has 0 amide bonds. The van der Waals surface area contributed by atoms with Crippen molar-refractivity contribution in [2.45, 2.75) is 19.3 Å². The number of aromatic nitrogens is 2. The van der Waals surface area contributed by atoms with Crippen LogP contribution in [-0.4, -0.2) is 17.0 Å². The van der Waals surface area contributed by atoms with Crippen LogP contribution in [-0.2, 0) is 12.4 Å². The van der Waals surface area contributed by atoms with Gasteiger partial charge in [0.05, 0.1) is 5.88 Å². The van der Waals surface area contributed by atoms with Crippen molar-refractivity contribution in [3.05, 3.63) is 53.1 Å². The molecule has 0 atom stereocenters. The molecule has 0 saturated heterocycles. The van der Waals surface area contributed by atoms with E-state index in [0.29, 0.717) is 18.4 Å². The molecule has 0 unspecified atom stereocenters. The minimum Gasteiger partial charge on any atom is -0.340 e. The molecule has 100 valence electrons. The molecule has 1 aromatic carbocycles. The minimum atomic E-state index is -0.236. The highest BCUT2D eigenvalue weighted by atomic mass is 35.5. The Morgan fingerprint density at radius 2 is 2.16 bits per heavy atom. The monoisotopic (exact) mass is 279 g/mol. The summed E-state index contributed by atoms with van der Waals surface area (Å²) in [6.07, 6.45) is 1.73. The molecular weight excluding hydrogens is 265 g/mol. The first-order chi connectivity index (χ1) is 9.10. The van der Waals surface area contributed by atoms with E-state index in [-0.39, 0.29) is 5.82 Å². The molecule has 5 heteroatoms. The van der Waals surface area contributed by atoms with E-state index >= 15 is 0 Å². The van der Waals surface area contributed by atoms with Crippen molar-refractivity contribution >= 4 is 17.5 Å². The fraction of sp³-hybridized carbons (Fsp3) is 0.286. The Labute approximate surface area is 117 Å². The first-order valence-electron chi connectivity index (χ1n) is 5.94. The molecule has 0 saturated carbocycles. The second kappa shape index (κ2) is 5.97. The second-order valence-electron chi connectivity index (χ2n) is 4.40. The molecular formula is C14H15ClFN3. The quantitative estimate of drug-likeness (QED) is 0.804. The molecule has 0 spiro atoms. The van der Waals surface area contributed by atoms with Crippen LogP contribution in [0.2, 0.25) is 0 Å². The summed E-state index contributed by atoms with van der Waals surface area (Å²) >= 11 is 5.78. The van der Waals surface area contributed by atoms with Crippen molar-refractivity contribution < 1.29 is 4.39 Å². The summed E-state index contributed by atoms with van der Waals surface area (Å²) in [5.74, 6) is 0.774. The molecule has 0 aliphatic heterocycles. The Hall–Kier alpha value is -1.68. The average Bonchev–Trinajstić information content (AvgIpc) is 2.38. The normalized spacial score (nSPS) is 10.5. The van der Waals surface area contributed by atoms with E-state index in [4.69, 9.17) is 11.6 Å². The lowest BCUT2D eigenvalue weighted by molar-refractivity contribution is 0.625. The highest BCUT2D eigenvalue weighted by Gasteiger charge is 2.08. The molecule has 2 rings (SSSR count). The first-order valence-corrected chi connectivity index (χ1v) is 6.47. The summed E-state index contributed by atoms with van der Waals surface area (Å²) in [6.45, 7) is 2.45. The SMILES string of the molecule is Cc1nc(N(C)Cc2cccc(F)c2)ncc1CCl. The minimum absolute atomic E-state index is 0.236. The number of anilines is 1. The van der Waals surface area contributed by atoms with Gasteiger partial charge in [-0.2, -0.15) is 0 Å². The lowest BCUT2D eigenvalue weighted by Crippen LogP contribution is -2.19. The number of nitrogens with zero attached hydrogens (tertiary/aromatic N) is 3. The Morgan fingerprint density at radius 3 is 2.79 bits per heavy atom. The van der Waals surface area contributed by atoms with Crippen molar-refractivity contribution in [2.24, 2.45) is 0 Å². The molecule has 0 N–H and O–H groups in total. The molecule has 0 radical (unpaired) electrons. The van der Waals surface area contributed by atoms with E-state index in [9.17, 15) is 4.39 Å². The number of aryl methyl sites for hydroxylation is 1. The van der Waals surface area contributed by atoms with Crippen molar-refractivity contribution in [3.8, 4) is 0 Å². The van der Waals surface area contributed by atoms with Gasteiger partial charge in [-0.25, -0.2) is 14.4 Å². The molecule has 1 heterocycles. The molecule has 2 aromatic rings. The third-order valence-electron chi connectivity index (χ3n) is 2.86. The fourth-order valence-electron chi connectivity index (χ4n) is 1.77. The number of halogens is 2. The smallest absolute Gasteiger partial charge is 0.225 e. The number of alkyl halides is 1. The van der Waals surface area contributed by atoms with E-state index in [1.165, 1.54) is 12.1 Å². The van der Waals surface area contributed by atoms with E-state index in [1.807, 2.05) is 24.9 Å². The van der Waals surface area contributed by atoms with Gasteiger partial charge in [0, 0.05) is 31.0 Å². The lowest BCUT2D eigenvalue weighted by atomic mass is 10.2. The molecule has 1 aromatic heterocycles. The van der Waals surface area contributed by atoms with Gasteiger partial charge < -0.3 is 4.90 Å². The van der Waals surface area contributed by atoms with E-state index in [2.05, 4.69) is 9.97 Å². The lowest BCUT2D eigenvalue weighted by Gasteiger charge is -2.18. The summed E-state index contributed by atoms with van der Waals surface area (Å²) in [5, 5.41) is 0. The van der Waals surface area contributed by atoms with Crippen LogP contribution < -0.4 is 4.90 Å². The zero-order valence-electron chi connectivity index (χ0n) is 10.9. The van der Waals surface area contributed by atoms with Gasteiger partial charge in [-0.05, 0) is 24.6 Å². The van der Waals surface area contributed by atoms with Gasteiger partial charge in [-0.3, -0.25) is 0 Å². The fourth-order valence-corrected chi connectivity index (χ4v) is 2.04. The summed E-state index contributed by atoms with van der Waals surface area (Å²) in [6, 6.07) is 6.51. The summed E-state index contributed by atoms with van der Waals surface area (Å²) in [7, 11) is 1.88. The summed E-state index contributed by atoms with van der Waals surface area (Å²) < 4.78 is 13.1. The van der Waals surface area contributed by atoms with Crippen molar-refractivity contribution in [2.75, 3.05) is 11.9 Å². The molecule has 0 fully saturated rings. The highest BCUT2D eigenvalue weighted by molar-refractivity contribution is 6.17. The largest absolute Gasteiger partial charge is 0.340 e. The average molecular weight is 280 g/mol. The van der Waals surface area contributed by atoms with Gasteiger partial charge >= 0.3 is 0 Å². The Balaban J connectivity index is 2.15. The molecule has 19 heavy (non-hydrogen) atoms. The Kier molecular flexibility index (Phi) is 4.32. The third kappa shape index (κ3) is 3.41. The first kappa shape index (κ1) is 13.7. The van der Waals surface area contributed by atoms with Gasteiger partial charge in [-0.1, -0.05) is 12.1 Å². The van der Waals surface area contributed by atoms with Gasteiger partial charge in [-0.15, -0.1) is 11.6 Å². The predicted molar refractivity (Wildman–Crippen MR) is 74.8 cm³/mol. The topological polar surface area (TPSA) is 29.0 Å². The zero-order chi connectivity index (χ0) is 13.8. The van der Waals surface area contributed by atoms with E-state index in [1.54, 1.807) is 12.3 Å². The van der Waals surface area contributed by atoms with Gasteiger partial charge in [0.2, 0.25) is 5.95 Å². The maximum absolute atomic E-state index is 13.1. The standard InChI is InChI=1S/C14H15ClFN3/c1-10-12(7-15)8-17-14(18-10)19(2)9-11-4-3-5-13(16)6-11/h3-6,8H,7,9H2,1-2H3. The van der Waals surface area contributed by atoms with Crippen LogP contribution in [0.25, 0.3) is 0 Å². The molecule has 3 nitrogen and oxygen atoms in total. The third-order valence-corrected chi connectivity index (χ3v) is 3.15. The molecule has 0 aliphatic rings. The van der Waals surface area contributed by atoms with Gasteiger partial charge in [0.25, 0.3) is 0 Å². The van der Waals surface area contributed by atoms with Crippen LogP contribution in [0.3, 0.4) is 0 Å². The number of hydrogen-bond donors (Lipinski definition) is 0. The number of rotatable bonds is 4. The van der Waals surface area contributed by atoms with E-state index in [0.717, 1.165) is 16.8 Å². The second-order valence-corrected chi connectivity index (χ2v) is 4.67. The summed E-state index contributed by atoms with van der Waals surface area (Å²) in [5.41, 5.74) is 2.67. The number of hydrogen-bond acceptors (Lipinski definition) is 3. The molecule has 0 bridgehead atoms. The maximum Gasteiger partial charge on any atom is 0.225 e. The summed E-state index contributed by atoms with van der Waals surface area (Å²) in [4.78, 5) is 10.5. The Bertz CT molecular complexity index is 574. The van der Waals surface area contributed by atoms with Crippen LogP contribution in [0.15, 0.2) is 30.5 Å². The molecule has 0 aliphatic carbocycles.